The first-order valence-corrected chi connectivity index (χ1v) is 30.5. The van der Waals surface area contributed by atoms with Crippen molar-refractivity contribution in [2.45, 2.75) is 205 Å². The van der Waals surface area contributed by atoms with Crippen LogP contribution in [0.2, 0.25) is 0 Å². The average Bonchev–Trinajstić information content (AvgIpc) is 3.66. The highest BCUT2D eigenvalue weighted by atomic mass is 16.6. The minimum atomic E-state index is -1.73. The van der Waals surface area contributed by atoms with Crippen LogP contribution in [0.25, 0.3) is 0 Å². The Morgan fingerprint density at radius 3 is 1.31 bits per heavy atom. The van der Waals surface area contributed by atoms with Gasteiger partial charge in [-0.2, -0.15) is 0 Å². The summed E-state index contributed by atoms with van der Waals surface area (Å²) in [4.78, 5) is 73.4. The topological polar surface area (TPSA) is 453 Å². The standard InChI is InChI=1S/C58H106N6O23/c1-38(2)58(87-33-22-48(75)61-25-14-8-11-17-30-86-57(81)51(64-41(5)70)54(78)44(72)19-27-66,37-83-32-21-47(74)60-24-13-7-10-16-29-85-56(80)50(63-40(4)69)53(77)43(71)18-26-65)36-82-31-20-46(73)59-23-12-6-9-15-28-84-45-34-42(35-67)52(76)55(79)49(45)62-39(3)68/h38,42-45,49,52,55-57,65-67,71-72,76-81H,6-37H2,1-5H3,(H,59,73)(H,60,74)(H,61,75)(H,62,68)(H,63,69)(H,64,70)/b53-50+,54-51+/t42?,43-,44-,45+,49?,52-,55?,56-,57-,58?/m0/s1. The third kappa shape index (κ3) is 34.7. The Hall–Kier alpha value is -4.70. The lowest BCUT2D eigenvalue weighted by atomic mass is 9.79. The molecule has 1 rings (SSSR count). The Kier molecular flexibility index (Phi) is 43.6. The Morgan fingerprint density at radius 2 is 0.931 bits per heavy atom. The Labute approximate surface area is 511 Å². The Bertz CT molecular complexity index is 2020. The van der Waals surface area contributed by atoms with Crippen molar-refractivity contribution in [2.75, 3.05) is 92.3 Å². The lowest BCUT2D eigenvalue weighted by Crippen LogP contribution is -2.61. The quantitative estimate of drug-likeness (QED) is 0.0202. The maximum Gasteiger partial charge on any atom is 0.222 e. The van der Waals surface area contributed by atoms with Gasteiger partial charge in [-0.05, 0) is 50.9 Å². The molecule has 4 unspecified atom stereocenters. The van der Waals surface area contributed by atoms with Crippen molar-refractivity contribution in [3.8, 4) is 0 Å². The largest absolute Gasteiger partial charge is 0.508 e. The second kappa shape index (κ2) is 47.3. The molecule has 6 amide bonds. The van der Waals surface area contributed by atoms with Crippen molar-refractivity contribution in [3.05, 3.63) is 22.9 Å². The first-order chi connectivity index (χ1) is 41.4. The smallest absolute Gasteiger partial charge is 0.222 e. The predicted molar refractivity (Wildman–Crippen MR) is 314 cm³/mol. The molecule has 29 heteroatoms. The van der Waals surface area contributed by atoms with E-state index in [9.17, 15) is 74.7 Å². The van der Waals surface area contributed by atoms with Gasteiger partial charge >= 0.3 is 0 Å². The van der Waals surface area contributed by atoms with E-state index in [4.69, 9.17) is 38.6 Å². The van der Waals surface area contributed by atoms with E-state index < -0.39 is 109 Å². The number of hydrogen-bond donors (Lipinski definition) is 17. The van der Waals surface area contributed by atoms with Crippen molar-refractivity contribution in [1.82, 2.24) is 31.9 Å². The van der Waals surface area contributed by atoms with Gasteiger partial charge in [0.05, 0.1) is 64.5 Å². The summed E-state index contributed by atoms with van der Waals surface area (Å²) in [5.41, 5.74) is -1.90. The molecule has 1 aliphatic rings. The Balaban J connectivity index is 2.69. The number of carbonyl (C=O) groups excluding carboxylic acids is 6. The van der Waals surface area contributed by atoms with E-state index in [-0.39, 0.29) is 121 Å². The maximum absolute atomic E-state index is 12.9. The van der Waals surface area contributed by atoms with Crippen molar-refractivity contribution >= 4 is 35.4 Å². The summed E-state index contributed by atoms with van der Waals surface area (Å²) in [6.45, 7) is 7.99. The van der Waals surface area contributed by atoms with Gasteiger partial charge in [-0.3, -0.25) is 28.8 Å². The van der Waals surface area contributed by atoms with E-state index >= 15 is 0 Å². The fourth-order valence-electron chi connectivity index (χ4n) is 9.10. The Morgan fingerprint density at radius 1 is 0.529 bits per heavy atom. The van der Waals surface area contributed by atoms with Gasteiger partial charge in [0.25, 0.3) is 0 Å². The van der Waals surface area contributed by atoms with E-state index in [1.54, 1.807) is 0 Å². The molecule has 1 saturated carbocycles. The van der Waals surface area contributed by atoms with Crippen LogP contribution in [0.3, 0.4) is 0 Å². The van der Waals surface area contributed by atoms with Gasteiger partial charge in [-0.25, -0.2) is 0 Å². The van der Waals surface area contributed by atoms with Gasteiger partial charge in [-0.1, -0.05) is 52.4 Å². The molecule has 0 spiro atoms. The molecule has 0 aromatic heterocycles. The molecule has 0 aliphatic heterocycles. The third-order valence-corrected chi connectivity index (χ3v) is 14.3. The number of nitrogens with one attached hydrogen (secondary N) is 6. The summed E-state index contributed by atoms with van der Waals surface area (Å²) in [5.74, 6) is -4.55. The van der Waals surface area contributed by atoms with Crippen molar-refractivity contribution < 1.29 is 113 Å². The SMILES string of the molecule is CC(=O)N/C(=C(/O)[C@@H](O)CCO)[C@@H](O)OCCCCCCNC(=O)CCOCC(COCCC(=O)NCCCCCCO[C@@H]1CC(CO)[C@H](O)C(O)C1NC(C)=O)(OCCC(=O)NCCCCCCO[C@H](O)/C(NC(C)=O)=C(\O)[C@@H](O)CCO)C(C)C. The number of rotatable bonds is 51. The number of ether oxygens (including phenoxy) is 6. The molecule has 29 nitrogen and oxygen atoms in total. The molecule has 10 atom stereocenters. The van der Waals surface area contributed by atoms with Crippen molar-refractivity contribution in [1.29, 1.82) is 0 Å². The first kappa shape index (κ1) is 80.3. The van der Waals surface area contributed by atoms with Crippen LogP contribution in [0.15, 0.2) is 22.9 Å². The minimum absolute atomic E-state index is 0.00161. The van der Waals surface area contributed by atoms with E-state index in [0.29, 0.717) is 90.4 Å². The molecule has 0 heterocycles. The highest BCUT2D eigenvalue weighted by Crippen LogP contribution is 2.29. The molecule has 506 valence electrons. The zero-order chi connectivity index (χ0) is 65.2. The summed E-state index contributed by atoms with van der Waals surface area (Å²) in [7, 11) is 0. The molecule has 17 N–H and O–H groups in total. The van der Waals surface area contributed by atoms with Crippen LogP contribution in [-0.2, 0) is 57.2 Å². The maximum atomic E-state index is 12.9. The highest BCUT2D eigenvalue weighted by Gasteiger charge is 2.44. The van der Waals surface area contributed by atoms with Crippen LogP contribution >= 0.6 is 0 Å². The van der Waals surface area contributed by atoms with E-state index in [0.717, 1.165) is 26.7 Å². The lowest BCUT2D eigenvalue weighted by molar-refractivity contribution is -0.164. The van der Waals surface area contributed by atoms with E-state index in [1.807, 2.05) is 13.8 Å². The first-order valence-electron chi connectivity index (χ1n) is 30.5. The second-order valence-corrected chi connectivity index (χ2v) is 22.0. The fraction of sp³-hybridized carbons (Fsp3) is 0.828. The van der Waals surface area contributed by atoms with Gasteiger partial charge in [0.15, 0.2) is 12.6 Å². The average molecular weight is 1260 g/mol. The summed E-state index contributed by atoms with van der Waals surface area (Å²) in [5, 5.41) is 126. The molecule has 1 fully saturated rings. The van der Waals surface area contributed by atoms with Crippen molar-refractivity contribution in [3.63, 3.8) is 0 Å². The minimum Gasteiger partial charge on any atom is -0.508 e. The van der Waals surface area contributed by atoms with E-state index in [1.165, 1.54) is 6.92 Å². The third-order valence-electron chi connectivity index (χ3n) is 14.3. The molecule has 0 bridgehead atoms. The number of aliphatic hydroxyl groups excluding tert-OH is 11. The van der Waals surface area contributed by atoms with Crippen LogP contribution in [0, 0.1) is 11.8 Å². The molecule has 0 radical (unpaired) electrons. The van der Waals surface area contributed by atoms with Gasteiger partial charge in [0.2, 0.25) is 35.4 Å². The van der Waals surface area contributed by atoms with Crippen LogP contribution in [0.1, 0.15) is 150 Å². The van der Waals surface area contributed by atoms with Crippen molar-refractivity contribution in [2.24, 2.45) is 11.8 Å². The summed E-state index contributed by atoms with van der Waals surface area (Å²) in [6.07, 6.45) is -1.64. The van der Waals surface area contributed by atoms with Crippen LogP contribution in [0.5, 0.6) is 0 Å². The van der Waals surface area contributed by atoms with Gasteiger partial charge < -0.3 is 116 Å². The van der Waals surface area contributed by atoms with Crippen LogP contribution < -0.4 is 31.9 Å². The van der Waals surface area contributed by atoms with Gasteiger partial charge in [-0.15, -0.1) is 0 Å². The van der Waals surface area contributed by atoms with Crippen LogP contribution in [-0.4, -0.2) is 239 Å². The number of aliphatic hydroxyl groups is 11. The fourth-order valence-corrected chi connectivity index (χ4v) is 9.10. The molecular weight excluding hydrogens is 1150 g/mol. The summed E-state index contributed by atoms with van der Waals surface area (Å²) in [6, 6.07) is -0.805. The van der Waals surface area contributed by atoms with Crippen LogP contribution in [0.4, 0.5) is 0 Å². The number of unbranched alkanes of at least 4 members (excludes halogenated alkanes) is 9. The number of hydrogen-bond acceptors (Lipinski definition) is 23. The molecule has 0 aromatic rings. The second-order valence-electron chi connectivity index (χ2n) is 22.0. The number of amides is 6. The van der Waals surface area contributed by atoms with Gasteiger partial charge in [0.1, 0.15) is 46.8 Å². The van der Waals surface area contributed by atoms with E-state index in [2.05, 4.69) is 31.9 Å². The lowest BCUT2D eigenvalue weighted by Gasteiger charge is -2.42. The zero-order valence-electron chi connectivity index (χ0n) is 51.7. The molecule has 1 aliphatic carbocycles. The number of carbonyl (C=O) groups is 6. The highest BCUT2D eigenvalue weighted by molar-refractivity contribution is 5.77. The normalized spacial score (nSPS) is 19.6. The predicted octanol–water partition coefficient (Wildman–Crippen LogP) is -0.777. The monoisotopic (exact) mass is 1250 g/mol. The summed E-state index contributed by atoms with van der Waals surface area (Å²) < 4.78 is 35.1. The summed E-state index contributed by atoms with van der Waals surface area (Å²) >= 11 is 0. The molecule has 87 heavy (non-hydrogen) atoms. The zero-order valence-corrected chi connectivity index (χ0v) is 51.7. The molecule has 0 saturated heterocycles. The molecule has 0 aromatic carbocycles. The van der Waals surface area contributed by atoms with Gasteiger partial charge in [0, 0.05) is 105 Å². The molecular formula is C58H106N6O23.